The van der Waals surface area contributed by atoms with Crippen LogP contribution in [0.25, 0.3) is 66.9 Å². The van der Waals surface area contributed by atoms with Gasteiger partial charge in [0.1, 0.15) is 70.3 Å². The first kappa shape index (κ1) is 94.1. The summed E-state index contributed by atoms with van der Waals surface area (Å²) in [6.45, 7) is 6.80. The molecule has 754 valence electrons. The average Bonchev–Trinajstić information content (AvgIpc) is 1.61. The lowest BCUT2D eigenvalue weighted by atomic mass is 9.72. The lowest BCUT2D eigenvalue weighted by Crippen LogP contribution is -2.25. The lowest BCUT2D eigenvalue weighted by Gasteiger charge is -2.34. The monoisotopic (exact) mass is 2050 g/mol. The molecule has 14 fully saturated rings. The third-order valence-corrected chi connectivity index (χ3v) is 46.3. The molecule has 143 heavy (non-hydrogen) atoms. The van der Waals surface area contributed by atoms with Crippen LogP contribution in [0.5, 0.6) is 17.2 Å². The van der Waals surface area contributed by atoms with E-state index in [0.717, 1.165) is 170 Å². The first-order valence-electron chi connectivity index (χ1n) is 53.7. The Morgan fingerprint density at radius 2 is 0.734 bits per heavy atom. The van der Waals surface area contributed by atoms with Gasteiger partial charge >= 0.3 is 30.4 Å². The van der Waals surface area contributed by atoms with E-state index in [4.69, 9.17) is 25.8 Å². The fraction of sp³-hybridized carbons (Fsp3) is 0.534. The van der Waals surface area contributed by atoms with Crippen molar-refractivity contribution in [3.8, 4) is 50.6 Å². The summed E-state index contributed by atoms with van der Waals surface area (Å²) in [6, 6.07) is 35.6. The van der Waals surface area contributed by atoms with Crippen LogP contribution < -0.4 is 12.5 Å². The predicted octanol–water partition coefficient (Wildman–Crippen LogP) is 28.2. The van der Waals surface area contributed by atoms with Crippen molar-refractivity contribution in [2.45, 2.75) is 341 Å². The fourth-order valence-electron chi connectivity index (χ4n) is 33.2. The van der Waals surface area contributed by atoms with Crippen molar-refractivity contribution >= 4 is 94.2 Å². The summed E-state index contributed by atoms with van der Waals surface area (Å²) in [7, 11) is -29.1. The van der Waals surface area contributed by atoms with Crippen molar-refractivity contribution in [1.29, 1.82) is 0 Å². The van der Waals surface area contributed by atoms with Crippen molar-refractivity contribution in [2.24, 2.45) is 76.9 Å². The standard InChI is InChI=1S/C116H128O21S6/c1-60(29-76-43-78-44-77(76)45-93(78)102-49-80(89-39-65-16-21-72(89)34-65)46-99(90-40-66-17-22-73(90)35-66)114(102)141(126,127)135-85-55-95(69-11-7-5-8-12-69)113(140(123,124)125)96(56-85)70-13-9-6-10-14-70)86-57-107(62(3)31-111(86)138(117,118)119)137-143(130,131)116-103(97-54-84-26-28-106(97)133-84)50-81(94-53-83-25-27-105(94)132-83)51-104(116)98-59-109-82(52-110(98)134-109)30-61(2)87-58-108(63(4)32-112(87)139(120,121)122)136-142(128,129)115-100(91-41-67-18-23-74(91)36-67)47-79(88-38-64-15-20-71(88)33-64)48-101(115)92-42-68-19-24-75(92)37-68/h25-28,31-32,46-61,64-78,88-93H,5-24,29-30,33-45H2,1-4H3,(H,117,118,119)(H,120,121,122)(H,123,124,125). The maximum absolute atomic E-state index is 16.5. The maximum atomic E-state index is 16.5. The van der Waals surface area contributed by atoms with Gasteiger partial charge in [0.05, 0.1) is 9.79 Å². The number of benzene rings is 9. The molecular weight excluding hydrogens is 1920 g/mol. The molecule has 0 radical (unpaired) electrons. The molecule has 14 aliphatic carbocycles. The molecule has 27 heteroatoms. The largest absolute Gasteiger partial charge is 0.457 e. The van der Waals surface area contributed by atoms with Crippen LogP contribution in [0.1, 0.15) is 364 Å². The van der Waals surface area contributed by atoms with Crippen LogP contribution >= 0.6 is 0 Å². The molecule has 18 bridgehead atoms. The zero-order valence-corrected chi connectivity index (χ0v) is 86.6. The molecule has 21 atom stereocenters. The van der Waals surface area contributed by atoms with Crippen LogP contribution in [-0.4, -0.2) is 64.2 Å². The molecule has 21 unspecified atom stereocenters. The van der Waals surface area contributed by atoms with Gasteiger partial charge in [-0.3, -0.25) is 13.7 Å². The molecule has 6 aromatic carbocycles. The second-order valence-corrected chi connectivity index (χ2v) is 56.3. The summed E-state index contributed by atoms with van der Waals surface area (Å²) in [5, 5.41) is 0. The van der Waals surface area contributed by atoms with Gasteiger partial charge in [0.25, 0.3) is 30.4 Å². The third-order valence-electron chi connectivity index (χ3n) is 39.4. The van der Waals surface area contributed by atoms with Gasteiger partial charge < -0.3 is 25.8 Å². The van der Waals surface area contributed by atoms with Gasteiger partial charge in [-0.25, -0.2) is 0 Å². The number of hydrogen-bond acceptors (Lipinski definition) is 18. The van der Waals surface area contributed by atoms with Crippen LogP contribution in [-0.2, 0) is 67.1 Å². The molecule has 12 aromatic rings. The Kier molecular flexibility index (Phi) is 22.9. The summed E-state index contributed by atoms with van der Waals surface area (Å²) in [5.74, 6) is 3.63. The molecular formula is C116H128O21S6. The molecule has 0 amide bonds. The van der Waals surface area contributed by atoms with Gasteiger partial charge in [-0.2, -0.15) is 50.5 Å². The van der Waals surface area contributed by atoms with Crippen molar-refractivity contribution in [3.05, 3.63) is 194 Å². The van der Waals surface area contributed by atoms with E-state index in [1.807, 2.05) is 25.1 Å². The number of rotatable bonds is 29. The van der Waals surface area contributed by atoms with Gasteiger partial charge in [-0.05, 0) is 479 Å². The van der Waals surface area contributed by atoms with Crippen molar-refractivity contribution in [3.63, 3.8) is 0 Å². The highest BCUT2D eigenvalue weighted by molar-refractivity contribution is 7.88. The number of hydrogen-bond donors (Lipinski definition) is 3. The minimum Gasteiger partial charge on any atom is -0.457 e. The normalized spacial score (nSPS) is 29.6. The SMILES string of the molecule is Cc1cc(S(=O)(=O)O)c(C(C)CC2CC3CC2CC3c2cc(C3CC4CCC3C4)cc(C3CC4CCC3C4)c2S(=O)(=O)Oc2cc(C3CCCCC3)c(S(=O)(=O)O)c(C3CCCCC3)c2)cc1OS(=O)(=O)c1c(-c2cc3ccc2o3)cc(-c2cc3ccc2o3)cc1-c1cc2oc1cc2CC(C)c1cc(OS(=O)(=O)c2c(C3CC4CCC3C4)cc(C3CC4CCC3C4)cc2C2CC3CCC2C3)c(C)cc1S(=O)(=O)O. The molecule has 14 saturated carbocycles. The van der Waals surface area contributed by atoms with E-state index >= 15 is 25.3 Å². The summed E-state index contributed by atoms with van der Waals surface area (Å²) in [5.41, 5.74) is 12.8. The Bertz CT molecular complexity index is 7780. The Morgan fingerprint density at radius 1 is 0.322 bits per heavy atom. The van der Waals surface area contributed by atoms with Gasteiger partial charge in [-0.1, -0.05) is 109 Å². The number of fused-ring (bicyclic) bond motifs is 18. The third kappa shape index (κ3) is 16.5. The number of furan rings is 6. The minimum absolute atomic E-state index is 0.00219. The maximum Gasteiger partial charge on any atom is 0.340 e. The minimum atomic E-state index is -5.13. The fourth-order valence-corrected chi connectivity index (χ4v) is 40.3. The summed E-state index contributed by atoms with van der Waals surface area (Å²) in [6.07, 6.45) is 32.7. The van der Waals surface area contributed by atoms with Crippen molar-refractivity contribution in [2.75, 3.05) is 0 Å². The second-order valence-electron chi connectivity index (χ2n) is 47.7. The van der Waals surface area contributed by atoms with E-state index in [9.17, 15) is 38.9 Å². The Morgan fingerprint density at radius 3 is 1.11 bits per heavy atom. The lowest BCUT2D eigenvalue weighted by molar-refractivity contribution is 0.274. The molecule has 26 rings (SSSR count). The first-order chi connectivity index (χ1) is 68.4. The highest BCUT2D eigenvalue weighted by Gasteiger charge is 2.55. The van der Waals surface area contributed by atoms with Crippen LogP contribution in [0, 0.1) is 90.8 Å². The molecule has 14 aliphatic rings. The van der Waals surface area contributed by atoms with E-state index in [2.05, 4.69) is 24.3 Å². The van der Waals surface area contributed by atoms with Crippen LogP contribution in [0.3, 0.4) is 0 Å². The zero-order chi connectivity index (χ0) is 98.0. The molecule has 0 spiro atoms. The van der Waals surface area contributed by atoms with Crippen LogP contribution in [0.2, 0.25) is 0 Å². The average molecular weight is 2050 g/mol. The second kappa shape index (κ2) is 34.7. The van der Waals surface area contributed by atoms with Crippen molar-refractivity contribution < 1.29 is 90.0 Å². The van der Waals surface area contributed by atoms with Gasteiger partial charge in [0, 0.05) is 27.8 Å². The van der Waals surface area contributed by atoms with E-state index < -0.39 is 82.3 Å². The Hall–Kier alpha value is -8.64. The molecule has 0 saturated heterocycles. The summed E-state index contributed by atoms with van der Waals surface area (Å²) < 4.78 is 255. The topological polar surface area (TPSA) is 333 Å². The van der Waals surface area contributed by atoms with Crippen LogP contribution in [0.4, 0.5) is 0 Å². The highest BCUT2D eigenvalue weighted by Crippen LogP contribution is 2.66. The van der Waals surface area contributed by atoms with E-state index in [1.165, 1.54) is 68.0 Å². The molecule has 0 aliphatic heterocycles. The first-order valence-corrected chi connectivity index (χ1v) is 62.2. The molecule has 3 N–H and O–H groups in total. The molecule has 6 aromatic heterocycles. The Labute approximate surface area is 840 Å². The summed E-state index contributed by atoms with van der Waals surface area (Å²) in [4.78, 5) is -0.631. The van der Waals surface area contributed by atoms with E-state index in [-0.39, 0.29) is 136 Å². The van der Waals surface area contributed by atoms with Gasteiger partial charge in [-0.15, -0.1) is 0 Å². The van der Waals surface area contributed by atoms with Gasteiger partial charge in [0.2, 0.25) is 0 Å². The summed E-state index contributed by atoms with van der Waals surface area (Å²) >= 11 is 0. The predicted molar refractivity (Wildman–Crippen MR) is 545 cm³/mol. The smallest absolute Gasteiger partial charge is 0.340 e. The Balaban J connectivity index is 0.524. The molecule has 6 heterocycles. The molecule has 21 nitrogen and oxygen atoms in total. The van der Waals surface area contributed by atoms with E-state index in [1.54, 1.807) is 68.4 Å². The van der Waals surface area contributed by atoms with E-state index in [0.29, 0.717) is 182 Å². The van der Waals surface area contributed by atoms with Crippen molar-refractivity contribution in [1.82, 2.24) is 0 Å². The quantitative estimate of drug-likeness (QED) is 0.0290. The van der Waals surface area contributed by atoms with Gasteiger partial charge in [0.15, 0.2) is 0 Å². The highest BCUT2D eigenvalue weighted by atomic mass is 32.2. The van der Waals surface area contributed by atoms with Crippen LogP contribution in [0.15, 0.2) is 164 Å². The zero-order valence-electron chi connectivity index (χ0n) is 81.7. The number of aryl methyl sites for hydroxylation is 2.